The lowest BCUT2D eigenvalue weighted by molar-refractivity contribution is 0.0526. The first kappa shape index (κ1) is 21.4. The van der Waals surface area contributed by atoms with Gasteiger partial charge in [-0.15, -0.1) is 0 Å². The third kappa shape index (κ3) is 5.16. The summed E-state index contributed by atoms with van der Waals surface area (Å²) >= 11 is 0. The van der Waals surface area contributed by atoms with Crippen LogP contribution >= 0.6 is 0 Å². The molecule has 1 fully saturated rings. The normalized spacial score (nSPS) is 14.1. The molecule has 0 spiro atoms. The number of benzene rings is 1. The number of nitrogens with one attached hydrogen (secondary N) is 1. The Morgan fingerprint density at radius 2 is 2.00 bits per heavy atom. The second-order valence-corrected chi connectivity index (χ2v) is 6.73. The van der Waals surface area contributed by atoms with Crippen molar-refractivity contribution < 1.29 is 23.5 Å². The highest BCUT2D eigenvalue weighted by Gasteiger charge is 2.20. The topological polar surface area (TPSA) is 84.0 Å². The number of rotatable bonds is 5. The first-order valence-electron chi connectivity index (χ1n) is 9.79. The van der Waals surface area contributed by atoms with E-state index in [4.69, 9.17) is 9.47 Å². The highest BCUT2D eigenvalue weighted by atomic mass is 19.1. The van der Waals surface area contributed by atoms with Crippen LogP contribution in [0.3, 0.4) is 0 Å². The molecule has 3 rings (SSSR count). The lowest BCUT2D eigenvalue weighted by atomic mass is 10.2. The summed E-state index contributed by atoms with van der Waals surface area (Å²) in [6.45, 7) is 4.45. The second-order valence-electron chi connectivity index (χ2n) is 6.73. The number of pyridine rings is 1. The number of hydrogen-bond acceptors (Lipinski definition) is 6. The number of carbonyl (C=O) groups is 2. The lowest BCUT2D eigenvalue weighted by Crippen LogP contribution is -2.38. The Hall–Kier alpha value is -3.36. The number of urea groups is 1. The van der Waals surface area contributed by atoms with Gasteiger partial charge >= 0.3 is 12.0 Å². The average Bonchev–Trinajstić information content (AvgIpc) is 3.01. The molecular formula is C21H25FN4O4. The van der Waals surface area contributed by atoms with Crippen LogP contribution in [0, 0.1) is 5.82 Å². The molecule has 1 aliphatic heterocycles. The van der Waals surface area contributed by atoms with Crippen LogP contribution in [0.2, 0.25) is 0 Å². The number of esters is 1. The maximum absolute atomic E-state index is 13.8. The number of amides is 2. The van der Waals surface area contributed by atoms with Crippen molar-refractivity contribution in [2.75, 3.05) is 50.1 Å². The SMILES string of the molecule is CCOC(=O)c1ccc(N2CCCN(C(=O)Nc3ccc(OC)c(F)c3)CC2)nc1. The summed E-state index contributed by atoms with van der Waals surface area (Å²) in [5.74, 6) is -0.0673. The summed E-state index contributed by atoms with van der Waals surface area (Å²) in [7, 11) is 1.39. The van der Waals surface area contributed by atoms with Crippen molar-refractivity contribution in [3.05, 3.63) is 47.9 Å². The molecule has 2 aromatic rings. The van der Waals surface area contributed by atoms with Gasteiger partial charge in [-0.05, 0) is 37.6 Å². The van der Waals surface area contributed by atoms with E-state index in [1.165, 1.54) is 25.4 Å². The Bertz CT molecular complexity index is 891. The third-order valence-corrected chi connectivity index (χ3v) is 4.77. The summed E-state index contributed by atoms with van der Waals surface area (Å²) in [5, 5.41) is 2.72. The molecule has 2 amide bonds. The Morgan fingerprint density at radius 3 is 2.67 bits per heavy atom. The fourth-order valence-corrected chi connectivity index (χ4v) is 3.20. The summed E-state index contributed by atoms with van der Waals surface area (Å²) in [6, 6.07) is 7.48. The van der Waals surface area contributed by atoms with Crippen LogP contribution in [0.5, 0.6) is 5.75 Å². The first-order valence-corrected chi connectivity index (χ1v) is 9.79. The van der Waals surface area contributed by atoms with E-state index >= 15 is 0 Å². The molecule has 1 N–H and O–H groups in total. The van der Waals surface area contributed by atoms with Gasteiger partial charge in [-0.1, -0.05) is 0 Å². The molecule has 0 unspecified atom stereocenters. The zero-order chi connectivity index (χ0) is 21.5. The van der Waals surface area contributed by atoms with Gasteiger partial charge in [0.15, 0.2) is 11.6 Å². The van der Waals surface area contributed by atoms with Gasteiger partial charge in [0.2, 0.25) is 0 Å². The van der Waals surface area contributed by atoms with Crippen molar-refractivity contribution in [2.24, 2.45) is 0 Å². The highest BCUT2D eigenvalue weighted by Crippen LogP contribution is 2.21. The van der Waals surface area contributed by atoms with Crippen LogP contribution in [-0.2, 0) is 4.74 Å². The maximum Gasteiger partial charge on any atom is 0.339 e. The van der Waals surface area contributed by atoms with Crippen molar-refractivity contribution in [3.63, 3.8) is 0 Å². The smallest absolute Gasteiger partial charge is 0.339 e. The molecule has 160 valence electrons. The van der Waals surface area contributed by atoms with Gasteiger partial charge in [-0.3, -0.25) is 0 Å². The average molecular weight is 416 g/mol. The largest absolute Gasteiger partial charge is 0.494 e. The zero-order valence-electron chi connectivity index (χ0n) is 17.1. The van der Waals surface area contributed by atoms with E-state index in [-0.39, 0.29) is 11.8 Å². The zero-order valence-corrected chi connectivity index (χ0v) is 17.1. The van der Waals surface area contributed by atoms with E-state index in [1.807, 2.05) is 0 Å². The first-order chi connectivity index (χ1) is 14.5. The molecule has 9 heteroatoms. The number of hydrogen-bond donors (Lipinski definition) is 1. The molecule has 8 nitrogen and oxygen atoms in total. The van der Waals surface area contributed by atoms with E-state index in [1.54, 1.807) is 30.0 Å². The van der Waals surface area contributed by atoms with Crippen molar-refractivity contribution in [2.45, 2.75) is 13.3 Å². The van der Waals surface area contributed by atoms with Gasteiger partial charge < -0.3 is 24.6 Å². The van der Waals surface area contributed by atoms with E-state index in [2.05, 4.69) is 15.2 Å². The van der Waals surface area contributed by atoms with Gasteiger partial charge in [0.1, 0.15) is 5.82 Å². The van der Waals surface area contributed by atoms with Crippen LogP contribution < -0.4 is 15.0 Å². The lowest BCUT2D eigenvalue weighted by Gasteiger charge is -2.23. The highest BCUT2D eigenvalue weighted by molar-refractivity contribution is 5.90. The summed E-state index contributed by atoms with van der Waals surface area (Å²) in [5.41, 5.74) is 0.777. The summed E-state index contributed by atoms with van der Waals surface area (Å²) in [4.78, 5) is 32.5. The van der Waals surface area contributed by atoms with Gasteiger partial charge in [0.05, 0.1) is 19.3 Å². The molecule has 1 saturated heterocycles. The van der Waals surface area contributed by atoms with Crippen molar-refractivity contribution in [3.8, 4) is 5.75 Å². The minimum atomic E-state index is -0.533. The number of halogens is 1. The molecule has 0 aliphatic carbocycles. The van der Waals surface area contributed by atoms with E-state index in [0.717, 1.165) is 18.8 Å². The van der Waals surface area contributed by atoms with Crippen LogP contribution in [0.1, 0.15) is 23.7 Å². The molecule has 30 heavy (non-hydrogen) atoms. The minimum Gasteiger partial charge on any atom is -0.494 e. The monoisotopic (exact) mass is 416 g/mol. The van der Waals surface area contributed by atoms with Crippen LogP contribution in [0.15, 0.2) is 36.5 Å². The van der Waals surface area contributed by atoms with E-state index < -0.39 is 11.8 Å². The van der Waals surface area contributed by atoms with E-state index in [9.17, 15) is 14.0 Å². The van der Waals surface area contributed by atoms with Gasteiger partial charge in [0.25, 0.3) is 0 Å². The van der Waals surface area contributed by atoms with Crippen LogP contribution in [-0.4, -0.2) is 61.8 Å². The molecule has 0 bridgehead atoms. The Balaban J connectivity index is 1.58. The molecule has 0 atom stereocenters. The number of ether oxygens (including phenoxy) is 2. The van der Waals surface area contributed by atoms with Crippen LogP contribution in [0.4, 0.5) is 20.7 Å². The second kappa shape index (κ2) is 9.91. The fraction of sp³-hybridized carbons (Fsp3) is 0.381. The van der Waals surface area contributed by atoms with Gasteiger partial charge in [-0.25, -0.2) is 19.0 Å². The number of aromatic nitrogens is 1. The third-order valence-electron chi connectivity index (χ3n) is 4.77. The molecule has 1 aromatic heterocycles. The number of carbonyl (C=O) groups excluding carboxylic acids is 2. The molecular weight excluding hydrogens is 391 g/mol. The molecule has 1 aromatic carbocycles. The van der Waals surface area contributed by atoms with Crippen LogP contribution in [0.25, 0.3) is 0 Å². The van der Waals surface area contributed by atoms with Gasteiger partial charge in [-0.2, -0.15) is 0 Å². The van der Waals surface area contributed by atoms with Gasteiger partial charge in [0, 0.05) is 44.1 Å². The van der Waals surface area contributed by atoms with Crippen molar-refractivity contribution in [1.29, 1.82) is 0 Å². The van der Waals surface area contributed by atoms with Crippen molar-refractivity contribution in [1.82, 2.24) is 9.88 Å². The Labute approximate surface area is 174 Å². The predicted molar refractivity (Wildman–Crippen MR) is 111 cm³/mol. The van der Waals surface area contributed by atoms with Crippen molar-refractivity contribution >= 4 is 23.5 Å². The summed E-state index contributed by atoms with van der Waals surface area (Å²) < 4.78 is 23.7. The quantitative estimate of drug-likeness (QED) is 0.754. The minimum absolute atomic E-state index is 0.125. The number of nitrogens with zero attached hydrogens (tertiary/aromatic N) is 3. The Morgan fingerprint density at radius 1 is 1.17 bits per heavy atom. The fourth-order valence-electron chi connectivity index (χ4n) is 3.20. The summed E-state index contributed by atoms with van der Waals surface area (Å²) in [6.07, 6.45) is 2.26. The predicted octanol–water partition coefficient (Wildman–Crippen LogP) is 3.15. The molecule has 1 aliphatic rings. The van der Waals surface area contributed by atoms with E-state index in [0.29, 0.717) is 37.5 Å². The molecule has 0 saturated carbocycles. The Kier molecular flexibility index (Phi) is 7.05. The number of methoxy groups -OCH3 is 1. The standard InChI is InChI=1S/C21H25FN4O4/c1-3-30-20(27)15-5-8-19(23-14-15)25-9-4-10-26(12-11-25)21(28)24-16-6-7-18(29-2)17(22)13-16/h5-8,13-14H,3-4,9-12H2,1-2H3,(H,24,28). The number of anilines is 2. The molecule has 2 heterocycles. The molecule has 0 radical (unpaired) electrons. The maximum atomic E-state index is 13.8.